The molecule has 3 amide bonds. The summed E-state index contributed by atoms with van der Waals surface area (Å²) in [6.45, 7) is 8.15. The van der Waals surface area contributed by atoms with Crippen LogP contribution in [0.15, 0.2) is 0 Å². The van der Waals surface area contributed by atoms with E-state index in [1.54, 1.807) is 6.92 Å². The van der Waals surface area contributed by atoms with Gasteiger partial charge in [0, 0.05) is 6.04 Å². The molecule has 0 saturated heterocycles. The molecule has 100 valence electrons. The molecule has 4 N–H and O–H groups in total. The van der Waals surface area contributed by atoms with E-state index in [-0.39, 0.29) is 11.9 Å². The van der Waals surface area contributed by atoms with Crippen molar-refractivity contribution in [1.29, 1.82) is 0 Å². The Morgan fingerprint density at radius 3 is 2.18 bits per heavy atom. The predicted octanol–water partition coefficient (Wildman–Crippen LogP) is 1.37. The highest BCUT2D eigenvalue weighted by molar-refractivity contribution is 5.96. The first-order valence-corrected chi connectivity index (χ1v) is 6.19. The number of hydrogen-bond donors (Lipinski definition) is 3. The largest absolute Gasteiger partial charge is 0.351 e. The van der Waals surface area contributed by atoms with Gasteiger partial charge in [-0.05, 0) is 26.2 Å². The Bertz CT molecular complexity index is 254. The molecule has 5 heteroatoms. The second kappa shape index (κ2) is 8.06. The van der Waals surface area contributed by atoms with Crippen molar-refractivity contribution < 1.29 is 9.59 Å². The third-order valence-corrected chi connectivity index (χ3v) is 2.59. The minimum Gasteiger partial charge on any atom is -0.351 e. The number of imide groups is 1. The molecule has 0 aromatic heterocycles. The maximum Gasteiger partial charge on any atom is 0.318 e. The van der Waals surface area contributed by atoms with E-state index in [9.17, 15) is 9.59 Å². The van der Waals surface area contributed by atoms with Gasteiger partial charge in [-0.25, -0.2) is 4.79 Å². The van der Waals surface area contributed by atoms with Gasteiger partial charge in [0.15, 0.2) is 0 Å². The van der Waals surface area contributed by atoms with Crippen LogP contribution >= 0.6 is 0 Å². The van der Waals surface area contributed by atoms with Gasteiger partial charge in [0.1, 0.15) is 0 Å². The lowest BCUT2D eigenvalue weighted by Gasteiger charge is -2.19. The molecule has 0 heterocycles. The van der Waals surface area contributed by atoms with Gasteiger partial charge in [-0.15, -0.1) is 0 Å². The number of urea groups is 1. The first-order chi connectivity index (χ1) is 7.82. The molecule has 0 rings (SSSR count). The van der Waals surface area contributed by atoms with Gasteiger partial charge in [0.25, 0.3) is 0 Å². The number of primary amides is 1. The normalized spacial score (nSPS) is 14.4. The summed E-state index contributed by atoms with van der Waals surface area (Å²) in [7, 11) is 0. The molecule has 2 unspecified atom stereocenters. The molecule has 0 bridgehead atoms. The summed E-state index contributed by atoms with van der Waals surface area (Å²) in [5.74, 6) is 0.325. The number of nitrogens with two attached hydrogens (primary N) is 1. The fraction of sp³-hybridized carbons (Fsp3) is 0.833. The molecule has 0 aliphatic heterocycles. The monoisotopic (exact) mass is 243 g/mol. The molecule has 0 saturated carbocycles. The maximum atomic E-state index is 11.4. The molecule has 0 aromatic carbocycles. The van der Waals surface area contributed by atoms with Crippen LogP contribution in [0.1, 0.15) is 47.0 Å². The third kappa shape index (κ3) is 8.68. The van der Waals surface area contributed by atoms with Crippen molar-refractivity contribution in [1.82, 2.24) is 10.6 Å². The summed E-state index contributed by atoms with van der Waals surface area (Å²) < 4.78 is 0. The van der Waals surface area contributed by atoms with E-state index in [1.165, 1.54) is 6.42 Å². The smallest absolute Gasteiger partial charge is 0.318 e. The van der Waals surface area contributed by atoms with Crippen molar-refractivity contribution in [2.75, 3.05) is 0 Å². The van der Waals surface area contributed by atoms with Crippen LogP contribution in [-0.2, 0) is 4.79 Å². The van der Waals surface area contributed by atoms with Crippen LogP contribution in [0, 0.1) is 5.92 Å². The lowest BCUT2D eigenvalue weighted by atomic mass is 10.0. The van der Waals surface area contributed by atoms with Gasteiger partial charge < -0.3 is 11.1 Å². The number of rotatable bonds is 7. The van der Waals surface area contributed by atoms with Gasteiger partial charge in [-0.2, -0.15) is 0 Å². The zero-order chi connectivity index (χ0) is 13.4. The van der Waals surface area contributed by atoms with Crippen LogP contribution in [0.25, 0.3) is 0 Å². The Kier molecular flexibility index (Phi) is 7.54. The number of amides is 3. The summed E-state index contributed by atoms with van der Waals surface area (Å²) in [5.41, 5.74) is 4.88. The van der Waals surface area contributed by atoms with Gasteiger partial charge in [-0.3, -0.25) is 10.1 Å². The summed E-state index contributed by atoms with van der Waals surface area (Å²) in [4.78, 5) is 21.9. The molecular weight excluding hydrogens is 218 g/mol. The molecule has 0 spiro atoms. The average molecular weight is 243 g/mol. The first kappa shape index (κ1) is 15.9. The van der Waals surface area contributed by atoms with E-state index in [2.05, 4.69) is 24.5 Å². The van der Waals surface area contributed by atoms with E-state index < -0.39 is 12.1 Å². The van der Waals surface area contributed by atoms with Crippen molar-refractivity contribution in [3.63, 3.8) is 0 Å². The second-order valence-corrected chi connectivity index (χ2v) is 4.97. The van der Waals surface area contributed by atoms with Crippen molar-refractivity contribution >= 4 is 11.9 Å². The molecule has 0 aliphatic rings. The van der Waals surface area contributed by atoms with E-state index >= 15 is 0 Å². The minimum atomic E-state index is -0.809. The van der Waals surface area contributed by atoms with Gasteiger partial charge >= 0.3 is 6.03 Å². The zero-order valence-corrected chi connectivity index (χ0v) is 11.2. The predicted molar refractivity (Wildman–Crippen MR) is 68.5 cm³/mol. The Hall–Kier alpha value is -1.10. The van der Waals surface area contributed by atoms with Gasteiger partial charge in [0.05, 0.1) is 6.04 Å². The van der Waals surface area contributed by atoms with E-state index in [0.29, 0.717) is 5.92 Å². The zero-order valence-electron chi connectivity index (χ0n) is 11.2. The molecule has 5 nitrogen and oxygen atoms in total. The van der Waals surface area contributed by atoms with Crippen molar-refractivity contribution in [2.45, 2.75) is 59.0 Å². The summed E-state index contributed by atoms with van der Waals surface area (Å²) in [5, 5.41) is 5.20. The van der Waals surface area contributed by atoms with Crippen LogP contribution in [0.4, 0.5) is 4.79 Å². The maximum absolute atomic E-state index is 11.4. The molecule has 2 atom stereocenters. The fourth-order valence-electron chi connectivity index (χ4n) is 1.65. The third-order valence-electron chi connectivity index (χ3n) is 2.59. The van der Waals surface area contributed by atoms with Crippen LogP contribution in [0.2, 0.25) is 0 Å². The standard InChI is InChI=1S/C12H25N3O2/c1-8(2)6-5-7-9(3)14-10(4)11(16)15-12(13)17/h8-10,14H,5-7H2,1-4H3,(H3,13,15,16,17). The molecule has 0 aromatic rings. The summed E-state index contributed by atoms with van der Waals surface area (Å²) in [6, 6.07) is -0.963. The quantitative estimate of drug-likeness (QED) is 0.631. The summed E-state index contributed by atoms with van der Waals surface area (Å²) >= 11 is 0. The molecule has 0 aliphatic carbocycles. The Morgan fingerprint density at radius 2 is 1.71 bits per heavy atom. The second-order valence-electron chi connectivity index (χ2n) is 4.97. The fourth-order valence-corrected chi connectivity index (χ4v) is 1.65. The average Bonchev–Trinajstić information content (AvgIpc) is 2.15. The van der Waals surface area contributed by atoms with Crippen LogP contribution in [-0.4, -0.2) is 24.0 Å². The first-order valence-electron chi connectivity index (χ1n) is 6.19. The Balaban J connectivity index is 3.82. The van der Waals surface area contributed by atoms with E-state index in [1.807, 2.05) is 6.92 Å². The molecular formula is C12H25N3O2. The number of carbonyl (C=O) groups excluding carboxylic acids is 2. The lowest BCUT2D eigenvalue weighted by Crippen LogP contribution is -2.48. The number of hydrogen-bond acceptors (Lipinski definition) is 3. The van der Waals surface area contributed by atoms with Crippen LogP contribution < -0.4 is 16.4 Å². The Morgan fingerprint density at radius 1 is 1.12 bits per heavy atom. The molecule has 17 heavy (non-hydrogen) atoms. The highest BCUT2D eigenvalue weighted by Crippen LogP contribution is 2.08. The Labute approximate surface area is 104 Å². The van der Waals surface area contributed by atoms with Gasteiger partial charge in [0.2, 0.25) is 5.91 Å². The SMILES string of the molecule is CC(C)CCCC(C)NC(C)C(=O)NC(N)=O. The van der Waals surface area contributed by atoms with Crippen LogP contribution in [0.3, 0.4) is 0 Å². The highest BCUT2D eigenvalue weighted by Gasteiger charge is 2.16. The van der Waals surface area contributed by atoms with E-state index in [0.717, 1.165) is 12.8 Å². The topological polar surface area (TPSA) is 84.2 Å². The van der Waals surface area contributed by atoms with Crippen molar-refractivity contribution in [3.05, 3.63) is 0 Å². The van der Waals surface area contributed by atoms with E-state index in [4.69, 9.17) is 5.73 Å². The highest BCUT2D eigenvalue weighted by atomic mass is 16.2. The summed E-state index contributed by atoms with van der Waals surface area (Å²) in [6.07, 6.45) is 3.34. The van der Waals surface area contributed by atoms with Gasteiger partial charge in [-0.1, -0.05) is 26.7 Å². The number of carbonyl (C=O) groups is 2. The minimum absolute atomic E-state index is 0.252. The van der Waals surface area contributed by atoms with Crippen molar-refractivity contribution in [2.24, 2.45) is 11.7 Å². The lowest BCUT2D eigenvalue weighted by molar-refractivity contribution is -0.121. The van der Waals surface area contributed by atoms with Crippen molar-refractivity contribution in [3.8, 4) is 0 Å². The number of nitrogens with one attached hydrogen (secondary N) is 2. The molecule has 0 radical (unpaired) electrons. The molecule has 0 fully saturated rings. The van der Waals surface area contributed by atoms with Crippen LogP contribution in [0.5, 0.6) is 0 Å².